The topological polar surface area (TPSA) is 146 Å². The van der Waals surface area contributed by atoms with Crippen LogP contribution in [-0.4, -0.2) is 69.3 Å². The fourth-order valence-electron chi connectivity index (χ4n) is 5.39. The van der Waals surface area contributed by atoms with E-state index < -0.39 is 30.3 Å². The maximum absolute atomic E-state index is 13.9. The third-order valence-electron chi connectivity index (χ3n) is 8.13. The molecule has 0 saturated carbocycles. The zero-order valence-electron chi connectivity index (χ0n) is 29.2. The van der Waals surface area contributed by atoms with E-state index in [1.165, 1.54) is 16.2 Å². The number of nitrogens with one attached hydrogen (secondary N) is 3. The summed E-state index contributed by atoms with van der Waals surface area (Å²) in [6.07, 6.45) is 0.836. The van der Waals surface area contributed by atoms with Crippen LogP contribution < -0.4 is 16.0 Å². The van der Waals surface area contributed by atoms with Gasteiger partial charge in [0.15, 0.2) is 0 Å². The number of carbonyl (C=O) groups is 3. The summed E-state index contributed by atoms with van der Waals surface area (Å²) in [6, 6.07) is 16.8. The molecule has 4 amide bonds. The van der Waals surface area contributed by atoms with Gasteiger partial charge in [-0.2, -0.15) is 0 Å². The minimum atomic E-state index is -1.05. The SMILES string of the molecule is CC(C)c1nc(CN(C)C(=O)N[C@H](C(=O)NC(Cc2ccccc2)C[C@@H](O)[C@H](Cc2ccccc2)NC(=O)OCc2cncs2)C(C)C)cs1. The lowest BCUT2D eigenvalue weighted by molar-refractivity contribution is -0.124. The molecule has 1 unspecified atom stereocenters. The van der Waals surface area contributed by atoms with Crippen molar-refractivity contribution in [2.45, 2.75) is 90.3 Å². The first kappa shape index (κ1) is 38.5. The van der Waals surface area contributed by atoms with Gasteiger partial charge in [-0.25, -0.2) is 14.6 Å². The molecule has 11 nitrogen and oxygen atoms in total. The quantitative estimate of drug-likeness (QED) is 0.106. The molecule has 4 atom stereocenters. The van der Waals surface area contributed by atoms with Crippen LogP contribution >= 0.6 is 22.7 Å². The number of nitrogens with zero attached hydrogens (tertiary/aromatic N) is 3. The molecule has 2 aromatic heterocycles. The van der Waals surface area contributed by atoms with Crippen molar-refractivity contribution in [1.29, 1.82) is 0 Å². The molecular weight excluding hydrogens is 673 g/mol. The van der Waals surface area contributed by atoms with Gasteiger partial charge in [0.25, 0.3) is 0 Å². The summed E-state index contributed by atoms with van der Waals surface area (Å²) in [5, 5.41) is 23.5. The van der Waals surface area contributed by atoms with E-state index in [9.17, 15) is 19.5 Å². The molecular formula is C37H48N6O5S2. The molecule has 50 heavy (non-hydrogen) atoms. The molecule has 0 aliphatic rings. The molecule has 0 saturated heterocycles. The second-order valence-corrected chi connectivity index (χ2v) is 14.9. The number of alkyl carbamates (subject to hydrolysis) is 1. The van der Waals surface area contributed by atoms with Crippen LogP contribution in [0.4, 0.5) is 9.59 Å². The zero-order valence-corrected chi connectivity index (χ0v) is 30.9. The van der Waals surface area contributed by atoms with Gasteiger partial charge in [0.05, 0.1) is 39.8 Å². The minimum absolute atomic E-state index is 0.0671. The Hall–Kier alpha value is -4.33. The molecule has 4 aromatic rings. The van der Waals surface area contributed by atoms with Crippen molar-refractivity contribution in [2.24, 2.45) is 5.92 Å². The van der Waals surface area contributed by atoms with Crippen molar-refractivity contribution < 1.29 is 24.2 Å². The largest absolute Gasteiger partial charge is 0.444 e. The van der Waals surface area contributed by atoms with E-state index in [0.717, 1.165) is 26.7 Å². The monoisotopic (exact) mass is 720 g/mol. The predicted molar refractivity (Wildman–Crippen MR) is 197 cm³/mol. The van der Waals surface area contributed by atoms with Gasteiger partial charge in [-0.15, -0.1) is 22.7 Å². The van der Waals surface area contributed by atoms with Crippen molar-refractivity contribution >= 4 is 40.7 Å². The lowest BCUT2D eigenvalue weighted by Gasteiger charge is -2.30. The number of benzene rings is 2. The number of thiazole rings is 2. The van der Waals surface area contributed by atoms with Gasteiger partial charge in [-0.05, 0) is 36.3 Å². The number of rotatable bonds is 17. The number of hydrogen-bond donors (Lipinski definition) is 4. The van der Waals surface area contributed by atoms with E-state index in [4.69, 9.17) is 4.74 Å². The first-order valence-electron chi connectivity index (χ1n) is 16.8. The first-order valence-corrected chi connectivity index (χ1v) is 18.6. The average Bonchev–Trinajstić information content (AvgIpc) is 3.79. The normalized spacial score (nSPS) is 13.7. The van der Waals surface area contributed by atoms with E-state index in [1.807, 2.05) is 79.9 Å². The second kappa shape index (κ2) is 19.2. The summed E-state index contributed by atoms with van der Waals surface area (Å²) in [7, 11) is 1.68. The Morgan fingerprint density at radius 2 is 1.56 bits per heavy atom. The Morgan fingerprint density at radius 3 is 2.14 bits per heavy atom. The summed E-state index contributed by atoms with van der Waals surface area (Å²) in [5.41, 5.74) is 4.35. The smallest absolute Gasteiger partial charge is 0.407 e. The number of carbonyl (C=O) groups excluding carboxylic acids is 3. The Bertz CT molecular complexity index is 1620. The predicted octanol–water partition coefficient (Wildman–Crippen LogP) is 5.91. The van der Waals surface area contributed by atoms with Crippen LogP contribution in [0, 0.1) is 5.92 Å². The summed E-state index contributed by atoms with van der Waals surface area (Å²) in [4.78, 5) is 51.0. The molecule has 0 bridgehead atoms. The summed E-state index contributed by atoms with van der Waals surface area (Å²) in [6.45, 7) is 8.28. The molecule has 0 spiro atoms. The number of ether oxygens (including phenoxy) is 1. The summed E-state index contributed by atoms with van der Waals surface area (Å²) < 4.78 is 5.42. The Balaban J connectivity index is 1.46. The highest BCUT2D eigenvalue weighted by Gasteiger charge is 2.31. The van der Waals surface area contributed by atoms with Gasteiger partial charge in [0.1, 0.15) is 12.6 Å². The number of hydrogen-bond acceptors (Lipinski definition) is 9. The highest BCUT2D eigenvalue weighted by Crippen LogP contribution is 2.20. The van der Waals surface area contributed by atoms with Crippen LogP contribution in [0.5, 0.6) is 0 Å². The second-order valence-electron chi connectivity index (χ2n) is 13.0. The number of aromatic nitrogens is 2. The summed E-state index contributed by atoms with van der Waals surface area (Å²) >= 11 is 2.95. The van der Waals surface area contributed by atoms with Gasteiger partial charge >= 0.3 is 12.1 Å². The number of aliphatic hydroxyl groups is 1. The van der Waals surface area contributed by atoms with Gasteiger partial charge < -0.3 is 30.7 Å². The van der Waals surface area contributed by atoms with E-state index in [0.29, 0.717) is 25.3 Å². The number of urea groups is 1. The molecule has 0 radical (unpaired) electrons. The maximum atomic E-state index is 13.9. The van der Waals surface area contributed by atoms with Crippen LogP contribution in [0.1, 0.15) is 66.7 Å². The van der Waals surface area contributed by atoms with E-state index in [2.05, 4.69) is 39.8 Å². The third kappa shape index (κ3) is 12.2. The standard InChI is InChI=1S/C37H48N6O5S2/c1-24(2)33(42-36(46)43(5)20-29-22-49-35(40-29)25(3)4)34(45)39-28(16-26-12-8-6-9-13-26)18-32(44)31(17-27-14-10-7-11-15-27)41-37(47)48-21-30-19-38-23-50-30/h6-15,19,22-25,28,31-33,44H,16-18,20-21H2,1-5H3,(H,39,45)(H,41,47)(H,42,46)/t28?,31-,32+,33-/m0/s1. The molecule has 0 fully saturated rings. The molecule has 0 aliphatic carbocycles. The van der Waals surface area contributed by atoms with E-state index in [1.54, 1.807) is 30.1 Å². The minimum Gasteiger partial charge on any atom is -0.444 e. The van der Waals surface area contributed by atoms with Gasteiger partial charge in [0.2, 0.25) is 5.91 Å². The molecule has 2 heterocycles. The Kier molecular flexibility index (Phi) is 14.7. The van der Waals surface area contributed by atoms with Gasteiger partial charge in [0, 0.05) is 30.6 Å². The fourth-order valence-corrected chi connectivity index (χ4v) is 6.72. The van der Waals surface area contributed by atoms with Crippen LogP contribution in [-0.2, 0) is 35.5 Å². The van der Waals surface area contributed by atoms with Crippen molar-refractivity contribution in [3.8, 4) is 0 Å². The first-order chi connectivity index (χ1) is 24.0. The lowest BCUT2D eigenvalue weighted by atomic mass is 9.93. The Morgan fingerprint density at radius 1 is 0.900 bits per heavy atom. The van der Waals surface area contributed by atoms with E-state index in [-0.39, 0.29) is 30.9 Å². The van der Waals surface area contributed by atoms with Gasteiger partial charge in [-0.1, -0.05) is 88.4 Å². The molecule has 268 valence electrons. The maximum Gasteiger partial charge on any atom is 0.407 e. The van der Waals surface area contributed by atoms with Gasteiger partial charge in [-0.3, -0.25) is 9.78 Å². The van der Waals surface area contributed by atoms with Crippen molar-refractivity contribution in [3.05, 3.63) is 104 Å². The fraction of sp³-hybridized carbons (Fsp3) is 0.432. The molecule has 4 N–H and O–H groups in total. The molecule has 13 heteroatoms. The Labute approximate surface area is 302 Å². The molecule has 2 aromatic carbocycles. The van der Waals surface area contributed by atoms with E-state index >= 15 is 0 Å². The van der Waals surface area contributed by atoms with Crippen LogP contribution in [0.2, 0.25) is 0 Å². The lowest BCUT2D eigenvalue weighted by Crippen LogP contribution is -2.55. The number of amides is 4. The van der Waals surface area contributed by atoms with Crippen LogP contribution in [0.15, 0.2) is 77.8 Å². The van der Waals surface area contributed by atoms with Crippen molar-refractivity contribution in [3.63, 3.8) is 0 Å². The van der Waals surface area contributed by atoms with Crippen molar-refractivity contribution in [2.75, 3.05) is 7.05 Å². The zero-order chi connectivity index (χ0) is 36.0. The third-order valence-corrected chi connectivity index (χ3v) is 10.1. The van der Waals surface area contributed by atoms with Crippen molar-refractivity contribution in [1.82, 2.24) is 30.8 Å². The molecule has 0 aliphatic heterocycles. The average molecular weight is 721 g/mol. The van der Waals surface area contributed by atoms with Crippen LogP contribution in [0.25, 0.3) is 0 Å². The number of aliphatic hydroxyl groups excluding tert-OH is 1. The highest BCUT2D eigenvalue weighted by atomic mass is 32.1. The molecule has 4 rings (SSSR count). The van der Waals surface area contributed by atoms with Crippen LogP contribution in [0.3, 0.4) is 0 Å². The highest BCUT2D eigenvalue weighted by molar-refractivity contribution is 7.09. The summed E-state index contributed by atoms with van der Waals surface area (Å²) in [5.74, 6) is -0.277.